The van der Waals surface area contributed by atoms with Gasteiger partial charge in [-0.3, -0.25) is 4.57 Å². The van der Waals surface area contributed by atoms with Gasteiger partial charge in [0.1, 0.15) is 5.75 Å². The van der Waals surface area contributed by atoms with Crippen LogP contribution in [0.15, 0.2) is 54.6 Å². The maximum Gasteiger partial charge on any atom is 0.342 e. The Morgan fingerprint density at radius 2 is 1.71 bits per heavy atom. The van der Waals surface area contributed by atoms with E-state index >= 15 is 0 Å². The third kappa shape index (κ3) is 5.27. The van der Waals surface area contributed by atoms with Crippen molar-refractivity contribution in [3.8, 4) is 5.75 Å². The first kappa shape index (κ1) is 24.3. The molecule has 0 bridgehead atoms. The van der Waals surface area contributed by atoms with Crippen LogP contribution in [0.1, 0.15) is 75.4 Å². The van der Waals surface area contributed by atoms with Crippen molar-refractivity contribution in [3.05, 3.63) is 99.1 Å². The Morgan fingerprint density at radius 1 is 1.03 bits per heavy atom. The first-order valence-corrected chi connectivity index (χ1v) is 13.8. The van der Waals surface area contributed by atoms with Gasteiger partial charge in [0.05, 0.1) is 5.56 Å². The molecule has 0 aromatic heterocycles. The number of carbonyl (C=O) groups excluding carboxylic acids is 1. The molecule has 0 saturated carbocycles. The van der Waals surface area contributed by atoms with E-state index in [0.717, 1.165) is 39.8 Å². The van der Waals surface area contributed by atoms with Crippen LogP contribution in [0.5, 0.6) is 5.75 Å². The maximum atomic E-state index is 12.2. The summed E-state index contributed by atoms with van der Waals surface area (Å²) in [5.41, 5.74) is 7.84. The van der Waals surface area contributed by atoms with Crippen LogP contribution < -0.4 is 4.74 Å². The lowest BCUT2D eigenvalue weighted by molar-refractivity contribution is -0.0387. The number of carbonyl (C=O) groups is 1. The van der Waals surface area contributed by atoms with Gasteiger partial charge in [0, 0.05) is 18.4 Å². The smallest absolute Gasteiger partial charge is 0.342 e. The van der Waals surface area contributed by atoms with Crippen LogP contribution in [0.25, 0.3) is 0 Å². The van der Waals surface area contributed by atoms with Gasteiger partial charge in [-0.1, -0.05) is 56.3 Å². The first-order valence-electron chi connectivity index (χ1n) is 11.5. The molecular formula is C28H31O5P. The summed E-state index contributed by atoms with van der Waals surface area (Å²) in [7, 11) is -3.11. The van der Waals surface area contributed by atoms with E-state index in [9.17, 15) is 14.3 Å². The number of aryl methyl sites for hydroxylation is 2. The molecule has 1 heterocycles. The van der Waals surface area contributed by atoms with E-state index in [1.54, 1.807) is 6.07 Å². The van der Waals surface area contributed by atoms with Gasteiger partial charge in [-0.2, -0.15) is 0 Å². The molecular weight excluding hydrogens is 447 g/mol. The van der Waals surface area contributed by atoms with Gasteiger partial charge in [-0.05, 0) is 71.7 Å². The second-order valence-corrected chi connectivity index (χ2v) is 12.0. The topological polar surface area (TPSA) is 72.8 Å². The van der Waals surface area contributed by atoms with Gasteiger partial charge >= 0.3 is 5.97 Å². The van der Waals surface area contributed by atoms with Crippen LogP contribution in [0, 0.1) is 13.8 Å². The highest BCUT2D eigenvalue weighted by Gasteiger charge is 2.32. The van der Waals surface area contributed by atoms with E-state index in [2.05, 4.69) is 33.8 Å². The largest absolute Gasteiger partial charge is 0.450 e. The molecule has 1 aliphatic heterocycles. The highest BCUT2D eigenvalue weighted by atomic mass is 31.2. The zero-order chi connectivity index (χ0) is 24.6. The van der Waals surface area contributed by atoms with E-state index in [1.807, 2.05) is 42.5 Å². The maximum absolute atomic E-state index is 12.2. The molecule has 0 fully saturated rings. The van der Waals surface area contributed by atoms with E-state index in [-0.39, 0.29) is 18.0 Å². The van der Waals surface area contributed by atoms with Gasteiger partial charge in [0.25, 0.3) is 6.29 Å². The molecule has 3 aromatic rings. The zero-order valence-corrected chi connectivity index (χ0v) is 21.2. The van der Waals surface area contributed by atoms with Crippen molar-refractivity contribution < 1.29 is 23.7 Å². The molecule has 0 spiro atoms. The molecule has 0 saturated heterocycles. The van der Waals surface area contributed by atoms with Gasteiger partial charge in [-0.25, -0.2) is 4.79 Å². The lowest BCUT2D eigenvalue weighted by Crippen LogP contribution is -2.09. The van der Waals surface area contributed by atoms with E-state index in [4.69, 9.17) is 9.47 Å². The predicted octanol–water partition coefficient (Wildman–Crippen LogP) is 6.67. The molecule has 1 aliphatic rings. The summed E-state index contributed by atoms with van der Waals surface area (Å²) < 4.78 is 23.5. The van der Waals surface area contributed by atoms with E-state index < -0.39 is 13.7 Å². The molecule has 2 unspecified atom stereocenters. The molecule has 1 N–H and O–H groups in total. The van der Waals surface area contributed by atoms with Crippen molar-refractivity contribution in [2.45, 2.75) is 52.5 Å². The number of rotatable bonds is 7. The number of hydrogen-bond acceptors (Lipinski definition) is 4. The van der Waals surface area contributed by atoms with Crippen LogP contribution in [-0.2, 0) is 21.9 Å². The molecule has 0 aliphatic carbocycles. The number of benzene rings is 3. The zero-order valence-electron chi connectivity index (χ0n) is 20.3. The second kappa shape index (κ2) is 9.40. The quantitative estimate of drug-likeness (QED) is 0.303. The molecule has 4 rings (SSSR count). The predicted molar refractivity (Wildman–Crippen MR) is 134 cm³/mol. The fourth-order valence-electron chi connectivity index (χ4n) is 4.58. The summed E-state index contributed by atoms with van der Waals surface area (Å²) in [4.78, 5) is 21.9. The lowest BCUT2D eigenvalue weighted by atomic mass is 9.92. The van der Waals surface area contributed by atoms with Crippen LogP contribution in [0.3, 0.4) is 0 Å². The number of esters is 1. The van der Waals surface area contributed by atoms with Crippen molar-refractivity contribution in [3.63, 3.8) is 0 Å². The van der Waals surface area contributed by atoms with Crippen LogP contribution in [0.4, 0.5) is 0 Å². The summed E-state index contributed by atoms with van der Waals surface area (Å²) in [6, 6.07) is 17.5. The molecule has 0 radical (unpaired) electrons. The highest BCUT2D eigenvalue weighted by molar-refractivity contribution is 7.56. The van der Waals surface area contributed by atoms with Crippen molar-refractivity contribution >= 4 is 13.3 Å². The van der Waals surface area contributed by atoms with Gasteiger partial charge in [-0.15, -0.1) is 0 Å². The second-order valence-electron chi connectivity index (χ2n) is 9.56. The lowest BCUT2D eigenvalue weighted by Gasteiger charge is -2.20. The molecule has 0 amide bonds. The molecule has 3 aromatic carbocycles. The van der Waals surface area contributed by atoms with Crippen molar-refractivity contribution in [1.82, 2.24) is 0 Å². The normalized spacial score (nSPS) is 16.8. The molecule has 34 heavy (non-hydrogen) atoms. The summed E-state index contributed by atoms with van der Waals surface area (Å²) in [5.74, 6) is 0.562. The summed E-state index contributed by atoms with van der Waals surface area (Å²) >= 11 is 0. The minimum atomic E-state index is -3.11. The van der Waals surface area contributed by atoms with E-state index in [1.165, 1.54) is 12.2 Å². The molecule has 5 nitrogen and oxygen atoms in total. The minimum absolute atomic E-state index is 0.188. The van der Waals surface area contributed by atoms with Gasteiger partial charge in [0.2, 0.25) is 7.37 Å². The van der Waals surface area contributed by atoms with Crippen LogP contribution in [-0.4, -0.2) is 17.5 Å². The standard InChI is InChI=1S/C28H31O5P/c1-17(2)24-14-20(15-25-18(3)12-21(13-19(25)4)16-34(5,30)31)10-11-26(24)32-28-23-9-7-6-8-22(23)27(29)33-28/h6-14,17,28H,15-16H2,1-5H3,(H,30,31). The van der Waals surface area contributed by atoms with Gasteiger partial charge in [0.15, 0.2) is 0 Å². The molecule has 178 valence electrons. The summed E-state index contributed by atoms with van der Waals surface area (Å²) in [6.07, 6.45) is 0.195. The Balaban J connectivity index is 1.59. The van der Waals surface area contributed by atoms with Crippen molar-refractivity contribution in [2.75, 3.05) is 6.66 Å². The fraction of sp³-hybridized carbons (Fsp3) is 0.321. The number of ether oxygens (including phenoxy) is 2. The highest BCUT2D eigenvalue weighted by Crippen LogP contribution is 2.41. The monoisotopic (exact) mass is 478 g/mol. The third-order valence-electron chi connectivity index (χ3n) is 6.19. The minimum Gasteiger partial charge on any atom is -0.450 e. The Bertz CT molecular complexity index is 1260. The number of fused-ring (bicyclic) bond motifs is 1. The fourth-order valence-corrected chi connectivity index (χ4v) is 5.44. The van der Waals surface area contributed by atoms with E-state index in [0.29, 0.717) is 11.3 Å². The van der Waals surface area contributed by atoms with Crippen LogP contribution in [0.2, 0.25) is 0 Å². The number of hydrogen-bond donors (Lipinski definition) is 1. The summed E-state index contributed by atoms with van der Waals surface area (Å²) in [5, 5.41) is 0. The van der Waals surface area contributed by atoms with Crippen LogP contribution >= 0.6 is 7.37 Å². The first-order chi connectivity index (χ1) is 16.0. The summed E-state index contributed by atoms with van der Waals surface area (Å²) in [6.45, 7) is 9.73. The van der Waals surface area contributed by atoms with Gasteiger partial charge < -0.3 is 14.4 Å². The Labute approximate surface area is 201 Å². The Morgan fingerprint density at radius 3 is 2.35 bits per heavy atom. The van der Waals surface area contributed by atoms with Crippen molar-refractivity contribution in [1.29, 1.82) is 0 Å². The average Bonchev–Trinajstić information content (AvgIpc) is 3.06. The SMILES string of the molecule is Cc1cc(CP(C)(=O)O)cc(C)c1Cc1ccc(OC2OC(=O)c3ccccc32)c(C(C)C)c1. The molecule has 6 heteroatoms. The Kier molecular flexibility index (Phi) is 6.71. The average molecular weight is 479 g/mol. The van der Waals surface area contributed by atoms with Crippen molar-refractivity contribution in [2.24, 2.45) is 0 Å². The molecule has 2 atom stereocenters. The third-order valence-corrected chi connectivity index (χ3v) is 7.14. The number of cyclic esters (lactones) is 1. The Hall–Kier alpha value is -2.88.